The molecule has 0 spiro atoms. The summed E-state index contributed by atoms with van der Waals surface area (Å²) in [6, 6.07) is -0.653. The van der Waals surface area contributed by atoms with Crippen LogP contribution in [0, 0.1) is 5.92 Å². The van der Waals surface area contributed by atoms with E-state index < -0.39 is 49.3 Å². The van der Waals surface area contributed by atoms with Crippen LogP contribution in [0.1, 0.15) is 32.1 Å². The molecular weight excluding hydrogens is 306 g/mol. The predicted molar refractivity (Wildman–Crippen MR) is 74.6 cm³/mol. The fourth-order valence-electron chi connectivity index (χ4n) is 2.29. The van der Waals surface area contributed by atoms with Crippen LogP contribution in [-0.4, -0.2) is 51.7 Å². The summed E-state index contributed by atoms with van der Waals surface area (Å²) in [5.74, 6) is -2.75. The maximum atomic E-state index is 11.9. The van der Waals surface area contributed by atoms with Gasteiger partial charge in [0, 0.05) is 12.3 Å². The highest BCUT2D eigenvalue weighted by Gasteiger charge is 2.32. The molecule has 0 radical (unpaired) electrons. The molecular formula is C11H21NO6S2. The molecule has 0 saturated heterocycles. The molecule has 2 atom stereocenters. The predicted octanol–water partition coefficient (Wildman–Crippen LogP) is -0.0161. The highest BCUT2D eigenvalue weighted by Crippen LogP contribution is 2.24. The van der Waals surface area contributed by atoms with E-state index in [1.165, 1.54) is 0 Å². The zero-order valence-corrected chi connectivity index (χ0v) is 13.0. The van der Waals surface area contributed by atoms with E-state index in [2.05, 4.69) is 4.72 Å². The third-order valence-corrected chi connectivity index (χ3v) is 5.99. The first kappa shape index (κ1) is 17.4. The number of nitrogens with one attached hydrogen (secondary N) is 1. The zero-order valence-electron chi connectivity index (χ0n) is 11.4. The van der Waals surface area contributed by atoms with Crippen molar-refractivity contribution in [3.05, 3.63) is 0 Å². The van der Waals surface area contributed by atoms with Crippen LogP contribution >= 0.6 is 0 Å². The Bertz CT molecular complexity index is 539. The van der Waals surface area contributed by atoms with Crippen molar-refractivity contribution in [3.8, 4) is 0 Å². The van der Waals surface area contributed by atoms with E-state index in [4.69, 9.17) is 5.11 Å². The first-order chi connectivity index (χ1) is 9.11. The number of rotatable bonds is 6. The number of aliphatic carboxylic acids is 1. The van der Waals surface area contributed by atoms with Crippen LogP contribution in [0.4, 0.5) is 0 Å². The number of carbonyl (C=O) groups is 1. The van der Waals surface area contributed by atoms with Gasteiger partial charge in [0.25, 0.3) is 0 Å². The van der Waals surface area contributed by atoms with E-state index in [1.807, 2.05) is 0 Å². The van der Waals surface area contributed by atoms with E-state index in [1.54, 1.807) is 0 Å². The van der Waals surface area contributed by atoms with Gasteiger partial charge in [0.05, 0.1) is 17.4 Å². The van der Waals surface area contributed by atoms with Crippen LogP contribution in [0.2, 0.25) is 0 Å². The van der Waals surface area contributed by atoms with E-state index >= 15 is 0 Å². The summed E-state index contributed by atoms with van der Waals surface area (Å²) in [7, 11) is -7.16. The fourth-order valence-corrected chi connectivity index (χ4v) is 5.24. The third kappa shape index (κ3) is 6.19. The van der Waals surface area contributed by atoms with Gasteiger partial charge in [0.1, 0.15) is 9.84 Å². The van der Waals surface area contributed by atoms with Gasteiger partial charge >= 0.3 is 5.97 Å². The Morgan fingerprint density at radius 1 is 1.10 bits per heavy atom. The summed E-state index contributed by atoms with van der Waals surface area (Å²) >= 11 is 0. The number of carboxylic acid groups (broad SMARTS) is 1. The van der Waals surface area contributed by atoms with Crippen molar-refractivity contribution in [1.82, 2.24) is 4.72 Å². The second-order valence-electron chi connectivity index (χ2n) is 5.26. The van der Waals surface area contributed by atoms with Gasteiger partial charge < -0.3 is 5.11 Å². The second kappa shape index (κ2) is 6.86. The lowest BCUT2D eigenvalue weighted by Gasteiger charge is -2.22. The molecule has 1 rings (SSSR count). The number of sulfone groups is 1. The third-order valence-electron chi connectivity index (χ3n) is 3.39. The molecule has 1 aliphatic rings. The molecule has 0 aromatic carbocycles. The Hall–Kier alpha value is -0.670. The smallest absolute Gasteiger partial charge is 0.308 e. The normalized spacial score (nSPS) is 25.1. The molecule has 7 nitrogen and oxygen atoms in total. The Balaban J connectivity index is 2.74. The molecule has 0 bridgehead atoms. The van der Waals surface area contributed by atoms with Crippen molar-refractivity contribution in [2.75, 3.05) is 17.8 Å². The van der Waals surface area contributed by atoms with Crippen molar-refractivity contribution in [2.45, 2.75) is 38.1 Å². The average Bonchev–Trinajstić information content (AvgIpc) is 2.50. The van der Waals surface area contributed by atoms with Crippen LogP contribution in [0.15, 0.2) is 0 Å². The van der Waals surface area contributed by atoms with Crippen LogP contribution < -0.4 is 4.72 Å². The highest BCUT2D eigenvalue weighted by molar-refractivity contribution is 7.93. The van der Waals surface area contributed by atoms with Gasteiger partial charge in [-0.25, -0.2) is 21.6 Å². The molecule has 0 heterocycles. The summed E-state index contributed by atoms with van der Waals surface area (Å²) < 4.78 is 48.1. The lowest BCUT2D eigenvalue weighted by atomic mass is 9.96. The number of hydrogen-bond donors (Lipinski definition) is 2. The standard InChI is InChI=1S/C11H21NO6S2/c1-19(15,16)7-8-20(17,18)12-10-6-4-2-3-5-9(10)11(13)14/h9-10,12H,2-8H2,1H3,(H,13,14). The monoisotopic (exact) mass is 327 g/mol. The molecule has 118 valence electrons. The SMILES string of the molecule is CS(=O)(=O)CCS(=O)(=O)NC1CCCCCC1C(=O)O. The first-order valence-corrected chi connectivity index (χ1v) is 10.2. The maximum Gasteiger partial charge on any atom is 0.308 e. The Kier molecular flexibility index (Phi) is 5.96. The van der Waals surface area contributed by atoms with Gasteiger partial charge in [-0.15, -0.1) is 0 Å². The molecule has 1 fully saturated rings. The van der Waals surface area contributed by atoms with Gasteiger partial charge in [0.2, 0.25) is 10.0 Å². The topological polar surface area (TPSA) is 118 Å². The van der Waals surface area contributed by atoms with Crippen molar-refractivity contribution in [1.29, 1.82) is 0 Å². The molecule has 1 saturated carbocycles. The largest absolute Gasteiger partial charge is 0.481 e. The number of sulfonamides is 1. The van der Waals surface area contributed by atoms with E-state index in [9.17, 15) is 21.6 Å². The summed E-state index contributed by atoms with van der Waals surface area (Å²) in [5.41, 5.74) is 0. The van der Waals surface area contributed by atoms with Gasteiger partial charge in [-0.3, -0.25) is 4.79 Å². The van der Waals surface area contributed by atoms with E-state index in [0.717, 1.165) is 25.5 Å². The molecule has 20 heavy (non-hydrogen) atoms. The van der Waals surface area contributed by atoms with Gasteiger partial charge in [-0.05, 0) is 12.8 Å². The summed E-state index contributed by atoms with van der Waals surface area (Å²) in [5, 5.41) is 9.16. The molecule has 1 aliphatic carbocycles. The second-order valence-corrected chi connectivity index (χ2v) is 9.39. The molecule has 0 aliphatic heterocycles. The van der Waals surface area contributed by atoms with E-state index in [0.29, 0.717) is 12.8 Å². The molecule has 2 N–H and O–H groups in total. The average molecular weight is 327 g/mol. The van der Waals surface area contributed by atoms with Gasteiger partial charge in [-0.1, -0.05) is 19.3 Å². The minimum Gasteiger partial charge on any atom is -0.481 e. The lowest BCUT2D eigenvalue weighted by molar-refractivity contribution is -0.142. The van der Waals surface area contributed by atoms with Crippen molar-refractivity contribution in [2.24, 2.45) is 5.92 Å². The first-order valence-electron chi connectivity index (χ1n) is 6.51. The maximum absolute atomic E-state index is 11.9. The molecule has 0 aromatic rings. The summed E-state index contributed by atoms with van der Waals surface area (Å²) in [6.07, 6.45) is 4.28. The van der Waals surface area contributed by atoms with Crippen LogP contribution in [0.3, 0.4) is 0 Å². The Morgan fingerprint density at radius 3 is 2.25 bits per heavy atom. The van der Waals surface area contributed by atoms with Crippen molar-refractivity contribution in [3.63, 3.8) is 0 Å². The quantitative estimate of drug-likeness (QED) is 0.662. The minimum atomic E-state index is -3.79. The molecule has 9 heteroatoms. The minimum absolute atomic E-state index is 0.439. The Labute approximate surface area is 119 Å². The fraction of sp³-hybridized carbons (Fsp3) is 0.909. The van der Waals surface area contributed by atoms with Crippen LogP contribution in [-0.2, 0) is 24.7 Å². The van der Waals surface area contributed by atoms with Gasteiger partial charge in [-0.2, -0.15) is 0 Å². The van der Waals surface area contributed by atoms with E-state index in [-0.39, 0.29) is 0 Å². The number of hydrogen-bond acceptors (Lipinski definition) is 5. The van der Waals surface area contributed by atoms with Crippen molar-refractivity contribution >= 4 is 25.8 Å². The Morgan fingerprint density at radius 2 is 1.70 bits per heavy atom. The summed E-state index contributed by atoms with van der Waals surface area (Å²) in [6.45, 7) is 0. The van der Waals surface area contributed by atoms with Crippen LogP contribution in [0.5, 0.6) is 0 Å². The zero-order chi connectivity index (χ0) is 15.4. The molecule has 0 amide bonds. The van der Waals surface area contributed by atoms with Crippen LogP contribution in [0.25, 0.3) is 0 Å². The number of carboxylic acids is 1. The van der Waals surface area contributed by atoms with Crippen molar-refractivity contribution < 1.29 is 26.7 Å². The lowest BCUT2D eigenvalue weighted by Crippen LogP contribution is -2.44. The summed E-state index contributed by atoms with van der Waals surface area (Å²) in [4.78, 5) is 11.2. The van der Waals surface area contributed by atoms with Gasteiger partial charge in [0.15, 0.2) is 0 Å². The molecule has 2 unspecified atom stereocenters. The highest BCUT2D eigenvalue weighted by atomic mass is 32.2. The molecule has 0 aromatic heterocycles.